The van der Waals surface area contributed by atoms with Gasteiger partial charge in [-0.3, -0.25) is 9.59 Å². The smallest absolute Gasteiger partial charge is 0.310 e. The molecule has 0 aliphatic rings. The second-order valence-corrected chi connectivity index (χ2v) is 4.90. The Balaban J connectivity index is 2.45. The average Bonchev–Trinajstić information content (AvgIpc) is 2.54. The van der Waals surface area contributed by atoms with Gasteiger partial charge in [-0.2, -0.15) is 0 Å². The highest BCUT2D eigenvalue weighted by molar-refractivity contribution is 5.78. The van der Waals surface area contributed by atoms with Crippen molar-refractivity contribution in [2.75, 3.05) is 33.4 Å². The van der Waals surface area contributed by atoms with Crippen LogP contribution in [0.3, 0.4) is 0 Å². The Kier molecular flexibility index (Phi) is 7.99. The lowest BCUT2D eigenvalue weighted by molar-refractivity contribution is -0.146. The predicted octanol–water partition coefficient (Wildman–Crippen LogP) is 1.09. The van der Waals surface area contributed by atoms with Gasteiger partial charge in [-0.15, -0.1) is 0 Å². The zero-order chi connectivity index (χ0) is 16.4. The van der Waals surface area contributed by atoms with E-state index in [1.165, 1.54) is 12.0 Å². The number of hydrogen-bond acceptors (Lipinski definition) is 5. The van der Waals surface area contributed by atoms with Gasteiger partial charge in [-0.1, -0.05) is 25.1 Å². The number of esters is 1. The Morgan fingerprint density at radius 1 is 1.27 bits per heavy atom. The number of carbonyl (C=O) groups is 2. The molecule has 1 N–H and O–H groups in total. The fraction of sp³-hybridized carbons (Fsp3) is 0.500. The number of aliphatic hydroxyl groups excluding tert-OH is 1. The normalized spacial score (nSPS) is 11.6. The summed E-state index contributed by atoms with van der Waals surface area (Å²) in [5.74, 6) is -0.278. The van der Waals surface area contributed by atoms with E-state index >= 15 is 0 Å². The van der Waals surface area contributed by atoms with E-state index in [1.807, 2.05) is 30.3 Å². The maximum Gasteiger partial charge on any atom is 0.310 e. The maximum absolute atomic E-state index is 12.2. The van der Waals surface area contributed by atoms with Gasteiger partial charge in [0, 0.05) is 13.1 Å². The van der Waals surface area contributed by atoms with Crippen molar-refractivity contribution in [1.29, 1.82) is 0 Å². The van der Waals surface area contributed by atoms with Crippen molar-refractivity contribution < 1.29 is 24.2 Å². The molecule has 0 heterocycles. The second-order valence-electron chi connectivity index (χ2n) is 4.90. The summed E-state index contributed by atoms with van der Waals surface area (Å²) in [4.78, 5) is 25.0. The molecule has 1 aromatic carbocycles. The maximum atomic E-state index is 12.2. The molecule has 22 heavy (non-hydrogen) atoms. The van der Waals surface area contributed by atoms with Crippen molar-refractivity contribution in [1.82, 2.24) is 4.90 Å². The highest BCUT2D eigenvalue weighted by Crippen LogP contribution is 2.09. The summed E-state index contributed by atoms with van der Waals surface area (Å²) < 4.78 is 10.1. The van der Waals surface area contributed by atoms with Crippen molar-refractivity contribution >= 4 is 11.9 Å². The molecule has 1 aromatic rings. The predicted molar refractivity (Wildman–Crippen MR) is 81.4 cm³/mol. The number of amides is 1. The molecule has 0 fully saturated rings. The summed E-state index contributed by atoms with van der Waals surface area (Å²) >= 11 is 0. The molecule has 122 valence electrons. The topological polar surface area (TPSA) is 76.1 Å². The third-order valence-electron chi connectivity index (χ3n) is 3.15. The lowest BCUT2D eigenvalue weighted by atomic mass is 10.1. The zero-order valence-electron chi connectivity index (χ0n) is 13.0. The molecule has 0 radical (unpaired) electrons. The minimum atomic E-state index is -0.435. The van der Waals surface area contributed by atoms with Crippen LogP contribution >= 0.6 is 0 Å². The Morgan fingerprint density at radius 2 is 1.95 bits per heavy atom. The molecule has 0 spiro atoms. The van der Waals surface area contributed by atoms with E-state index in [9.17, 15) is 9.59 Å². The fourth-order valence-corrected chi connectivity index (χ4v) is 1.98. The summed E-state index contributed by atoms with van der Waals surface area (Å²) in [5.41, 5.74) is 0. The minimum Gasteiger partial charge on any atom is -0.493 e. The Labute approximate surface area is 130 Å². The monoisotopic (exact) mass is 309 g/mol. The molecule has 1 atom stereocenters. The van der Waals surface area contributed by atoms with Gasteiger partial charge in [0.05, 0.1) is 32.7 Å². The molecule has 0 bridgehead atoms. The first-order valence-corrected chi connectivity index (χ1v) is 7.22. The van der Waals surface area contributed by atoms with Gasteiger partial charge in [0.1, 0.15) is 5.75 Å². The van der Waals surface area contributed by atoms with Crippen LogP contribution in [0.4, 0.5) is 0 Å². The summed E-state index contributed by atoms with van der Waals surface area (Å²) in [5, 5.41) is 9.06. The van der Waals surface area contributed by atoms with E-state index in [0.29, 0.717) is 5.75 Å². The van der Waals surface area contributed by atoms with Crippen LogP contribution in [-0.4, -0.2) is 55.3 Å². The second kappa shape index (κ2) is 9.78. The highest BCUT2D eigenvalue weighted by Gasteiger charge is 2.21. The number of ether oxygens (including phenoxy) is 2. The molecular formula is C16H23NO5. The van der Waals surface area contributed by atoms with Gasteiger partial charge in [-0.05, 0) is 12.1 Å². The van der Waals surface area contributed by atoms with Crippen LogP contribution in [0.25, 0.3) is 0 Å². The number of carbonyl (C=O) groups excluding carboxylic acids is 2. The zero-order valence-corrected chi connectivity index (χ0v) is 13.0. The first kappa shape index (κ1) is 18.0. The first-order chi connectivity index (χ1) is 10.6. The van der Waals surface area contributed by atoms with Crippen LogP contribution < -0.4 is 4.74 Å². The van der Waals surface area contributed by atoms with Crippen LogP contribution in [0.2, 0.25) is 0 Å². The molecule has 0 saturated heterocycles. The van der Waals surface area contributed by atoms with Gasteiger partial charge in [0.2, 0.25) is 5.91 Å². The Hall–Kier alpha value is -2.08. The molecule has 0 aliphatic heterocycles. The van der Waals surface area contributed by atoms with Crippen molar-refractivity contribution in [3.8, 4) is 5.75 Å². The SMILES string of the molecule is COC(=O)C(C)CN(CCO)C(=O)CCOc1ccccc1. The Bertz CT molecular complexity index is 463. The molecule has 1 rings (SSSR count). The number of aliphatic hydroxyl groups is 1. The standard InChI is InChI=1S/C16H23NO5/c1-13(16(20)21-2)12-17(9-10-18)15(19)8-11-22-14-6-4-3-5-7-14/h3-7,13,18H,8-12H2,1-2H3. The van der Waals surface area contributed by atoms with E-state index in [-0.39, 0.29) is 44.6 Å². The van der Waals surface area contributed by atoms with Crippen LogP contribution in [0.1, 0.15) is 13.3 Å². The van der Waals surface area contributed by atoms with Gasteiger partial charge in [0.15, 0.2) is 0 Å². The van der Waals surface area contributed by atoms with E-state index in [2.05, 4.69) is 4.74 Å². The molecule has 0 aromatic heterocycles. The van der Waals surface area contributed by atoms with Gasteiger partial charge >= 0.3 is 5.97 Å². The lowest BCUT2D eigenvalue weighted by Gasteiger charge is -2.24. The highest BCUT2D eigenvalue weighted by atomic mass is 16.5. The average molecular weight is 309 g/mol. The number of rotatable bonds is 9. The first-order valence-electron chi connectivity index (χ1n) is 7.22. The summed E-state index contributed by atoms with van der Waals surface area (Å²) in [7, 11) is 1.31. The van der Waals surface area contributed by atoms with Crippen LogP contribution in [0.15, 0.2) is 30.3 Å². The Morgan fingerprint density at radius 3 is 2.55 bits per heavy atom. The van der Waals surface area contributed by atoms with Crippen LogP contribution in [-0.2, 0) is 14.3 Å². The minimum absolute atomic E-state index is 0.154. The third kappa shape index (κ3) is 6.13. The molecular weight excluding hydrogens is 286 g/mol. The third-order valence-corrected chi connectivity index (χ3v) is 3.15. The van der Waals surface area contributed by atoms with E-state index in [0.717, 1.165) is 0 Å². The molecule has 0 aliphatic carbocycles. The lowest BCUT2D eigenvalue weighted by Crippen LogP contribution is -2.39. The number of hydrogen-bond donors (Lipinski definition) is 1. The van der Waals surface area contributed by atoms with Crippen LogP contribution in [0.5, 0.6) is 5.75 Å². The van der Waals surface area contributed by atoms with Gasteiger partial charge in [0.25, 0.3) is 0 Å². The van der Waals surface area contributed by atoms with Crippen molar-refractivity contribution in [3.63, 3.8) is 0 Å². The number of methoxy groups -OCH3 is 1. The molecule has 1 unspecified atom stereocenters. The summed E-state index contributed by atoms with van der Waals surface area (Å²) in [6.45, 7) is 2.18. The van der Waals surface area contributed by atoms with Gasteiger partial charge < -0.3 is 19.5 Å². The van der Waals surface area contributed by atoms with Crippen molar-refractivity contribution in [2.24, 2.45) is 5.92 Å². The fourth-order valence-electron chi connectivity index (χ4n) is 1.98. The summed E-state index contributed by atoms with van der Waals surface area (Å²) in [6.07, 6.45) is 0.183. The molecule has 6 nitrogen and oxygen atoms in total. The van der Waals surface area contributed by atoms with Gasteiger partial charge in [-0.25, -0.2) is 0 Å². The molecule has 1 amide bonds. The molecule has 0 saturated carbocycles. The van der Waals surface area contributed by atoms with Crippen molar-refractivity contribution in [3.05, 3.63) is 30.3 Å². The number of nitrogens with zero attached hydrogens (tertiary/aromatic N) is 1. The molecule has 6 heteroatoms. The van der Waals surface area contributed by atoms with Crippen molar-refractivity contribution in [2.45, 2.75) is 13.3 Å². The summed E-state index contributed by atoms with van der Waals surface area (Å²) in [6, 6.07) is 9.22. The van der Waals surface area contributed by atoms with Crippen LogP contribution in [0, 0.1) is 5.92 Å². The van der Waals surface area contributed by atoms with E-state index < -0.39 is 5.92 Å². The quantitative estimate of drug-likeness (QED) is 0.691. The number of para-hydroxylation sites is 1. The number of benzene rings is 1. The largest absolute Gasteiger partial charge is 0.493 e. The van der Waals surface area contributed by atoms with E-state index in [1.54, 1.807) is 6.92 Å². The van der Waals surface area contributed by atoms with E-state index in [4.69, 9.17) is 9.84 Å².